The molecular weight excluding hydrogens is 428 g/mol. The summed E-state index contributed by atoms with van der Waals surface area (Å²) in [6.07, 6.45) is 2.33. The maximum Gasteiger partial charge on any atom is 0.249 e. The van der Waals surface area contributed by atoms with Crippen LogP contribution in [0.1, 0.15) is 30.7 Å². The minimum atomic E-state index is -0.181. The molecule has 0 atom stereocenters. The summed E-state index contributed by atoms with van der Waals surface area (Å²) >= 11 is 0. The summed E-state index contributed by atoms with van der Waals surface area (Å²) in [5.74, 6) is 0.659. The zero-order valence-corrected chi connectivity index (χ0v) is 20.1. The normalized spacial score (nSPS) is 10.9. The van der Waals surface area contributed by atoms with Crippen molar-refractivity contribution in [2.24, 2.45) is 5.92 Å². The molecule has 2 amide bonds. The SMILES string of the molecule is CC(C)CN(CC(=O)N(CCc1ccccc1)Cc1ccco1)C(=O)COCc1ccccc1. The van der Waals surface area contributed by atoms with Crippen molar-refractivity contribution in [3.8, 4) is 0 Å². The van der Waals surface area contributed by atoms with Crippen molar-refractivity contribution >= 4 is 11.8 Å². The molecule has 0 spiro atoms. The van der Waals surface area contributed by atoms with E-state index in [1.54, 1.807) is 16.1 Å². The largest absolute Gasteiger partial charge is 0.467 e. The molecule has 0 aliphatic rings. The first-order valence-electron chi connectivity index (χ1n) is 11.7. The van der Waals surface area contributed by atoms with E-state index in [1.165, 1.54) is 0 Å². The van der Waals surface area contributed by atoms with E-state index in [2.05, 4.69) is 0 Å². The van der Waals surface area contributed by atoms with Gasteiger partial charge in [0.1, 0.15) is 12.4 Å². The van der Waals surface area contributed by atoms with Crippen molar-refractivity contribution in [1.29, 1.82) is 0 Å². The molecule has 34 heavy (non-hydrogen) atoms. The first-order chi connectivity index (χ1) is 16.5. The lowest BCUT2D eigenvalue weighted by Crippen LogP contribution is -2.45. The molecule has 6 nitrogen and oxygen atoms in total. The number of amides is 2. The Balaban J connectivity index is 1.62. The highest BCUT2D eigenvalue weighted by atomic mass is 16.5. The van der Waals surface area contributed by atoms with Gasteiger partial charge in [-0.3, -0.25) is 9.59 Å². The Morgan fingerprint density at radius 1 is 0.853 bits per heavy atom. The summed E-state index contributed by atoms with van der Waals surface area (Å²) in [6.45, 7) is 5.78. The smallest absolute Gasteiger partial charge is 0.249 e. The summed E-state index contributed by atoms with van der Waals surface area (Å²) in [5.41, 5.74) is 2.16. The van der Waals surface area contributed by atoms with Crippen molar-refractivity contribution in [2.75, 3.05) is 26.2 Å². The van der Waals surface area contributed by atoms with Gasteiger partial charge in [0.2, 0.25) is 11.8 Å². The van der Waals surface area contributed by atoms with Gasteiger partial charge in [0.05, 0.1) is 26.0 Å². The number of ether oxygens (including phenoxy) is 1. The van der Waals surface area contributed by atoms with E-state index >= 15 is 0 Å². The predicted octanol–water partition coefficient (Wildman–Crippen LogP) is 4.55. The molecule has 0 aliphatic carbocycles. The van der Waals surface area contributed by atoms with Crippen molar-refractivity contribution in [3.05, 3.63) is 95.9 Å². The Hall–Kier alpha value is -3.38. The Labute approximate surface area is 202 Å². The minimum Gasteiger partial charge on any atom is -0.467 e. The van der Waals surface area contributed by atoms with E-state index in [0.29, 0.717) is 32.0 Å². The van der Waals surface area contributed by atoms with Crippen molar-refractivity contribution in [3.63, 3.8) is 0 Å². The van der Waals surface area contributed by atoms with Gasteiger partial charge in [0.15, 0.2) is 0 Å². The predicted molar refractivity (Wildman–Crippen MR) is 132 cm³/mol. The van der Waals surface area contributed by atoms with Crippen LogP contribution in [0.15, 0.2) is 83.5 Å². The van der Waals surface area contributed by atoms with Gasteiger partial charge in [-0.1, -0.05) is 74.5 Å². The zero-order valence-electron chi connectivity index (χ0n) is 20.1. The standard InChI is InChI=1S/C28H34N2O4/c1-23(2)18-30(28(32)22-33-21-25-12-7-4-8-13-25)20-27(31)29(19-26-14-9-17-34-26)16-15-24-10-5-3-6-11-24/h3-14,17,23H,15-16,18-22H2,1-2H3. The van der Waals surface area contributed by atoms with Crippen LogP contribution in [-0.2, 0) is 33.9 Å². The molecule has 1 aromatic heterocycles. The summed E-state index contributed by atoms with van der Waals surface area (Å²) in [6, 6.07) is 23.5. The fourth-order valence-electron chi connectivity index (χ4n) is 3.67. The molecule has 0 aliphatic heterocycles. The molecule has 0 saturated heterocycles. The Morgan fingerprint density at radius 3 is 2.15 bits per heavy atom. The van der Waals surface area contributed by atoms with Gasteiger partial charge in [0.25, 0.3) is 0 Å². The zero-order chi connectivity index (χ0) is 24.2. The van der Waals surface area contributed by atoms with Gasteiger partial charge in [-0.15, -0.1) is 0 Å². The van der Waals surface area contributed by atoms with Crippen molar-refractivity contribution in [2.45, 2.75) is 33.4 Å². The molecule has 3 rings (SSSR count). The average molecular weight is 463 g/mol. The number of carbonyl (C=O) groups excluding carboxylic acids is 2. The van der Waals surface area contributed by atoms with Gasteiger partial charge >= 0.3 is 0 Å². The summed E-state index contributed by atoms with van der Waals surface area (Å²) in [5, 5.41) is 0. The number of benzene rings is 2. The highest BCUT2D eigenvalue weighted by Crippen LogP contribution is 2.10. The molecule has 0 unspecified atom stereocenters. The van der Waals surface area contributed by atoms with Gasteiger partial charge in [-0.25, -0.2) is 0 Å². The van der Waals surface area contributed by atoms with Crippen LogP contribution < -0.4 is 0 Å². The first-order valence-corrected chi connectivity index (χ1v) is 11.7. The van der Waals surface area contributed by atoms with Crippen LogP contribution in [0.3, 0.4) is 0 Å². The number of carbonyl (C=O) groups is 2. The fraction of sp³-hybridized carbons (Fsp3) is 0.357. The van der Waals surface area contributed by atoms with Crippen LogP contribution in [-0.4, -0.2) is 47.9 Å². The minimum absolute atomic E-state index is 0.0151. The number of rotatable bonds is 13. The first kappa shape index (κ1) is 25.2. The van der Waals surface area contributed by atoms with Gasteiger partial charge in [0, 0.05) is 13.1 Å². The quantitative estimate of drug-likeness (QED) is 0.374. The number of hydrogen-bond donors (Lipinski definition) is 0. The lowest BCUT2D eigenvalue weighted by atomic mass is 10.1. The molecule has 2 aromatic carbocycles. The molecule has 6 heteroatoms. The molecule has 1 heterocycles. The Kier molecular flexibility index (Phi) is 9.92. The summed E-state index contributed by atoms with van der Waals surface area (Å²) in [4.78, 5) is 29.6. The third-order valence-corrected chi connectivity index (χ3v) is 5.39. The Bertz CT molecular complexity index is 988. The molecule has 0 bridgehead atoms. The maximum atomic E-state index is 13.3. The molecule has 0 fully saturated rings. The summed E-state index contributed by atoms with van der Waals surface area (Å²) in [7, 11) is 0. The molecular formula is C28H34N2O4. The van der Waals surface area contributed by atoms with Crippen LogP contribution in [0, 0.1) is 5.92 Å². The van der Waals surface area contributed by atoms with Crippen LogP contribution >= 0.6 is 0 Å². The van der Waals surface area contributed by atoms with Gasteiger partial charge < -0.3 is 19.0 Å². The third-order valence-electron chi connectivity index (χ3n) is 5.39. The molecule has 0 radical (unpaired) electrons. The molecule has 180 valence electrons. The second-order valence-corrected chi connectivity index (χ2v) is 8.78. The highest BCUT2D eigenvalue weighted by molar-refractivity contribution is 5.85. The topological polar surface area (TPSA) is 63.0 Å². The van der Waals surface area contributed by atoms with Gasteiger partial charge in [-0.2, -0.15) is 0 Å². The van der Waals surface area contributed by atoms with E-state index in [0.717, 1.165) is 17.5 Å². The van der Waals surface area contributed by atoms with E-state index in [4.69, 9.17) is 9.15 Å². The Morgan fingerprint density at radius 2 is 1.53 bits per heavy atom. The maximum absolute atomic E-state index is 13.3. The van der Waals surface area contributed by atoms with Crippen LogP contribution in [0.5, 0.6) is 0 Å². The molecule has 0 saturated carbocycles. The van der Waals surface area contributed by atoms with Crippen LogP contribution in [0.4, 0.5) is 0 Å². The second-order valence-electron chi connectivity index (χ2n) is 8.78. The second kappa shape index (κ2) is 13.4. The number of hydrogen-bond acceptors (Lipinski definition) is 4. The number of furan rings is 1. The van der Waals surface area contributed by atoms with E-state index in [1.807, 2.05) is 86.6 Å². The third kappa shape index (κ3) is 8.52. The van der Waals surface area contributed by atoms with Crippen LogP contribution in [0.2, 0.25) is 0 Å². The van der Waals surface area contributed by atoms with E-state index in [9.17, 15) is 9.59 Å². The van der Waals surface area contributed by atoms with Gasteiger partial charge in [-0.05, 0) is 35.6 Å². The van der Waals surface area contributed by atoms with Crippen molar-refractivity contribution in [1.82, 2.24) is 9.80 Å². The lowest BCUT2D eigenvalue weighted by molar-refractivity contribution is -0.144. The lowest BCUT2D eigenvalue weighted by Gasteiger charge is -2.28. The monoisotopic (exact) mass is 462 g/mol. The fourth-order valence-corrected chi connectivity index (χ4v) is 3.67. The van der Waals surface area contributed by atoms with E-state index in [-0.39, 0.29) is 30.9 Å². The van der Waals surface area contributed by atoms with Crippen molar-refractivity contribution < 1.29 is 18.7 Å². The van der Waals surface area contributed by atoms with E-state index < -0.39 is 0 Å². The van der Waals surface area contributed by atoms with Crippen LogP contribution in [0.25, 0.3) is 0 Å². The average Bonchev–Trinajstić information content (AvgIpc) is 3.35. The number of nitrogens with zero attached hydrogens (tertiary/aromatic N) is 2. The molecule has 3 aromatic rings. The molecule has 0 N–H and O–H groups in total. The summed E-state index contributed by atoms with van der Waals surface area (Å²) < 4.78 is 11.1. The highest BCUT2D eigenvalue weighted by Gasteiger charge is 2.23.